The van der Waals surface area contributed by atoms with Crippen LogP contribution in [0.15, 0.2) is 12.7 Å². The minimum absolute atomic E-state index is 0.398. The average Bonchev–Trinajstić information content (AvgIpc) is 2.29. The third kappa shape index (κ3) is 6.35. The largest absolute Gasteiger partial charge is 0.456 e. The molecule has 0 spiro atoms. The predicted molar refractivity (Wildman–Crippen MR) is 65.0 cm³/mol. The van der Waals surface area contributed by atoms with Gasteiger partial charge < -0.3 is 19.6 Å². The summed E-state index contributed by atoms with van der Waals surface area (Å²) in [6.45, 7) is 6.94. The highest BCUT2D eigenvalue weighted by Crippen LogP contribution is 2.11. The van der Waals surface area contributed by atoms with Gasteiger partial charge in [-0.2, -0.15) is 0 Å². The molecule has 0 aliphatic carbocycles. The van der Waals surface area contributed by atoms with Gasteiger partial charge in [0.1, 0.15) is 12.3 Å². The molecular formula is C12H17NO6. The molecule has 0 aliphatic rings. The van der Waals surface area contributed by atoms with Crippen LogP contribution in [-0.4, -0.2) is 42.4 Å². The second kappa shape index (κ2) is 8.02. The average molecular weight is 271 g/mol. The number of carbonyl (C=O) groups is 4. The summed E-state index contributed by atoms with van der Waals surface area (Å²) in [6, 6.07) is -1.14. The van der Waals surface area contributed by atoms with Crippen molar-refractivity contribution in [2.45, 2.75) is 39.0 Å². The molecule has 1 N–H and O–H groups in total. The lowest BCUT2D eigenvalue weighted by Gasteiger charge is -2.28. The highest BCUT2D eigenvalue weighted by molar-refractivity contribution is 5.78. The Balaban J connectivity index is 5.17. The summed E-state index contributed by atoms with van der Waals surface area (Å²) >= 11 is 0. The van der Waals surface area contributed by atoms with E-state index < -0.39 is 36.1 Å². The van der Waals surface area contributed by atoms with Crippen molar-refractivity contribution in [3.63, 3.8) is 0 Å². The van der Waals surface area contributed by atoms with Crippen molar-refractivity contribution < 1.29 is 28.7 Å². The van der Waals surface area contributed by atoms with Gasteiger partial charge >= 0.3 is 11.9 Å². The first-order valence-electron chi connectivity index (χ1n) is 5.51. The van der Waals surface area contributed by atoms with E-state index in [1.165, 1.54) is 13.0 Å². The van der Waals surface area contributed by atoms with Crippen molar-refractivity contribution in [3.8, 4) is 0 Å². The maximum atomic E-state index is 11.0. The van der Waals surface area contributed by atoms with Crippen LogP contribution in [0.1, 0.15) is 20.8 Å². The highest BCUT2D eigenvalue weighted by Gasteiger charge is 2.33. The maximum absolute atomic E-state index is 11.0. The van der Waals surface area contributed by atoms with Crippen molar-refractivity contribution in [1.82, 2.24) is 5.32 Å². The van der Waals surface area contributed by atoms with Gasteiger partial charge in [0.05, 0.1) is 0 Å². The molecule has 0 saturated carbocycles. The summed E-state index contributed by atoms with van der Waals surface area (Å²) in [7, 11) is 0. The van der Waals surface area contributed by atoms with Crippen LogP contribution in [0.5, 0.6) is 0 Å². The van der Waals surface area contributed by atoms with E-state index in [1.54, 1.807) is 0 Å². The van der Waals surface area contributed by atoms with E-state index >= 15 is 0 Å². The predicted octanol–water partition coefficient (Wildman–Crippen LogP) is -0.261. The minimum Gasteiger partial charge on any atom is -0.456 e. The molecule has 1 amide bonds. The fourth-order valence-electron chi connectivity index (χ4n) is 1.41. The van der Waals surface area contributed by atoms with Crippen molar-refractivity contribution in [1.29, 1.82) is 0 Å². The van der Waals surface area contributed by atoms with Gasteiger partial charge in [0.25, 0.3) is 0 Å². The smallest absolute Gasteiger partial charge is 0.303 e. The second-order valence-corrected chi connectivity index (χ2v) is 3.75. The van der Waals surface area contributed by atoms with Gasteiger partial charge in [-0.3, -0.25) is 14.4 Å². The molecule has 0 aromatic rings. The van der Waals surface area contributed by atoms with E-state index in [4.69, 9.17) is 9.47 Å². The zero-order valence-electron chi connectivity index (χ0n) is 11.0. The standard InChI is InChI=1S/C12H17NO6/c1-5-11(18-8(3)16)12(19-9(4)17)10(6-14)13-7(2)15/h5-6,10-12H,1H2,2-4H3,(H,13,15)/t10-,11-,12+/m1/s1. The van der Waals surface area contributed by atoms with Crippen LogP contribution >= 0.6 is 0 Å². The second-order valence-electron chi connectivity index (χ2n) is 3.75. The molecule has 3 atom stereocenters. The van der Waals surface area contributed by atoms with Crippen LogP contribution in [0.2, 0.25) is 0 Å². The molecule has 0 bridgehead atoms. The van der Waals surface area contributed by atoms with Crippen LogP contribution in [0.3, 0.4) is 0 Å². The van der Waals surface area contributed by atoms with Crippen molar-refractivity contribution >= 4 is 24.1 Å². The van der Waals surface area contributed by atoms with E-state index in [1.807, 2.05) is 0 Å². The van der Waals surface area contributed by atoms with Gasteiger partial charge in [-0.1, -0.05) is 6.58 Å². The van der Waals surface area contributed by atoms with Crippen LogP contribution in [0, 0.1) is 0 Å². The number of hydrogen-bond acceptors (Lipinski definition) is 6. The summed E-state index contributed by atoms with van der Waals surface area (Å²) in [5.41, 5.74) is 0. The Morgan fingerprint density at radius 3 is 1.95 bits per heavy atom. The summed E-state index contributed by atoms with van der Waals surface area (Å²) < 4.78 is 9.81. The first-order chi connectivity index (χ1) is 8.81. The number of ether oxygens (including phenoxy) is 2. The lowest BCUT2D eigenvalue weighted by molar-refractivity contribution is -0.164. The molecule has 0 fully saturated rings. The van der Waals surface area contributed by atoms with Crippen molar-refractivity contribution in [2.75, 3.05) is 0 Å². The normalized spacial score (nSPS) is 14.5. The number of amides is 1. The van der Waals surface area contributed by atoms with E-state index in [9.17, 15) is 19.2 Å². The van der Waals surface area contributed by atoms with Gasteiger partial charge in [0.2, 0.25) is 5.91 Å². The zero-order chi connectivity index (χ0) is 15.0. The fraction of sp³-hybridized carbons (Fsp3) is 0.500. The first-order valence-corrected chi connectivity index (χ1v) is 5.51. The van der Waals surface area contributed by atoms with E-state index in [0.717, 1.165) is 13.8 Å². The number of hydrogen-bond donors (Lipinski definition) is 1. The number of carbonyl (C=O) groups excluding carboxylic acids is 4. The molecule has 0 radical (unpaired) electrons. The lowest BCUT2D eigenvalue weighted by Crippen LogP contribution is -2.51. The topological polar surface area (TPSA) is 98.8 Å². The molecule has 0 heterocycles. The Bertz CT molecular complexity index is 350. The van der Waals surface area contributed by atoms with Crippen LogP contribution in [0.25, 0.3) is 0 Å². The number of rotatable bonds is 7. The van der Waals surface area contributed by atoms with Crippen LogP contribution in [0.4, 0.5) is 0 Å². The van der Waals surface area contributed by atoms with Crippen LogP contribution in [-0.2, 0) is 28.7 Å². The zero-order valence-corrected chi connectivity index (χ0v) is 11.0. The van der Waals surface area contributed by atoms with Crippen molar-refractivity contribution in [2.24, 2.45) is 0 Å². The Morgan fingerprint density at radius 2 is 1.63 bits per heavy atom. The lowest BCUT2D eigenvalue weighted by atomic mass is 10.1. The molecule has 0 aromatic heterocycles. The molecule has 0 aromatic carbocycles. The van der Waals surface area contributed by atoms with Gasteiger partial charge in [0.15, 0.2) is 12.2 Å². The molecule has 19 heavy (non-hydrogen) atoms. The molecule has 0 rings (SSSR count). The quantitative estimate of drug-likeness (QED) is 0.389. The molecule has 7 nitrogen and oxygen atoms in total. The van der Waals surface area contributed by atoms with E-state index in [-0.39, 0.29) is 0 Å². The third-order valence-electron chi connectivity index (χ3n) is 2.03. The maximum Gasteiger partial charge on any atom is 0.303 e. The third-order valence-corrected chi connectivity index (χ3v) is 2.03. The monoisotopic (exact) mass is 271 g/mol. The van der Waals surface area contributed by atoms with Crippen molar-refractivity contribution in [3.05, 3.63) is 12.7 Å². The van der Waals surface area contributed by atoms with Gasteiger partial charge in [-0.05, 0) is 6.08 Å². The number of aldehydes is 1. The summed E-state index contributed by atoms with van der Waals surface area (Å²) in [4.78, 5) is 44.0. The minimum atomic E-state index is -1.17. The molecular weight excluding hydrogens is 254 g/mol. The van der Waals surface area contributed by atoms with Gasteiger partial charge in [-0.15, -0.1) is 0 Å². The highest BCUT2D eigenvalue weighted by atomic mass is 16.6. The molecule has 0 saturated heterocycles. The van der Waals surface area contributed by atoms with Gasteiger partial charge in [0, 0.05) is 20.8 Å². The summed E-state index contributed by atoms with van der Waals surface area (Å²) in [5.74, 6) is -1.80. The Labute approximate surface area is 110 Å². The number of nitrogens with one attached hydrogen (secondary N) is 1. The van der Waals surface area contributed by atoms with Crippen LogP contribution < -0.4 is 5.32 Å². The molecule has 106 valence electrons. The molecule has 0 aliphatic heterocycles. The number of esters is 2. The Kier molecular flexibility index (Phi) is 7.10. The molecule has 0 unspecified atom stereocenters. The molecule has 7 heteroatoms. The SMILES string of the molecule is C=C[C@@H](OC(C)=O)[C@@H](OC(C)=O)[C@@H](C=O)NC(C)=O. The van der Waals surface area contributed by atoms with E-state index in [2.05, 4.69) is 11.9 Å². The summed E-state index contributed by atoms with van der Waals surface area (Å²) in [6.07, 6.45) is -0.591. The fourth-order valence-corrected chi connectivity index (χ4v) is 1.41. The first kappa shape index (κ1) is 16.8. The Hall–Kier alpha value is -2.18. The summed E-state index contributed by atoms with van der Waals surface area (Å²) in [5, 5.41) is 2.30. The van der Waals surface area contributed by atoms with E-state index in [0.29, 0.717) is 6.29 Å². The van der Waals surface area contributed by atoms with Gasteiger partial charge in [-0.25, -0.2) is 0 Å². The Morgan fingerprint density at radius 1 is 1.11 bits per heavy atom.